The molecule has 1 aliphatic rings. The Morgan fingerprint density at radius 2 is 1.88 bits per heavy atom. The molecule has 1 atom stereocenters. The van der Waals surface area contributed by atoms with Gasteiger partial charge < -0.3 is 23.8 Å². The van der Waals surface area contributed by atoms with E-state index >= 15 is 0 Å². The molecule has 34 heavy (non-hydrogen) atoms. The van der Waals surface area contributed by atoms with Gasteiger partial charge in [0.05, 0.1) is 26.5 Å². The predicted molar refractivity (Wildman–Crippen MR) is 127 cm³/mol. The lowest BCUT2D eigenvalue weighted by Gasteiger charge is -2.22. The van der Waals surface area contributed by atoms with Crippen molar-refractivity contribution in [2.24, 2.45) is 5.92 Å². The summed E-state index contributed by atoms with van der Waals surface area (Å²) in [6, 6.07) is 9.10. The summed E-state index contributed by atoms with van der Waals surface area (Å²) < 4.78 is 18.3. The van der Waals surface area contributed by atoms with Gasteiger partial charge in [-0.2, -0.15) is 0 Å². The number of ether oxygens (including phenoxy) is 2. The standard InChI is InChI=1S/C25H33N5O4/c1-17(2)12-21(26-25(31)22-6-5-11-34-22)24-28-27-23-7-8-29(9-10-30(23)24)16-18-13-19(32-3)15-20(14-18)33-4/h5-6,11,13-15,17,21H,7-10,12,16H2,1-4H3,(H,26,31). The van der Waals surface area contributed by atoms with Crippen LogP contribution in [0.4, 0.5) is 0 Å². The molecule has 9 heteroatoms. The smallest absolute Gasteiger partial charge is 0.287 e. The summed E-state index contributed by atoms with van der Waals surface area (Å²) in [6.07, 6.45) is 3.05. The van der Waals surface area contributed by atoms with Gasteiger partial charge in [-0.3, -0.25) is 9.69 Å². The number of hydrogen-bond donors (Lipinski definition) is 1. The fourth-order valence-electron chi connectivity index (χ4n) is 4.36. The third-order valence-corrected chi connectivity index (χ3v) is 6.03. The average Bonchev–Trinajstić information content (AvgIpc) is 3.46. The van der Waals surface area contributed by atoms with Crippen LogP contribution in [-0.4, -0.2) is 52.9 Å². The average molecular weight is 468 g/mol. The Bertz CT molecular complexity index is 1070. The van der Waals surface area contributed by atoms with Crippen molar-refractivity contribution >= 4 is 5.91 Å². The topological polar surface area (TPSA) is 94.6 Å². The van der Waals surface area contributed by atoms with E-state index < -0.39 is 0 Å². The Labute approximate surface area is 200 Å². The highest BCUT2D eigenvalue weighted by Gasteiger charge is 2.27. The van der Waals surface area contributed by atoms with E-state index in [1.807, 2.05) is 18.2 Å². The van der Waals surface area contributed by atoms with Crippen LogP contribution in [0.2, 0.25) is 0 Å². The van der Waals surface area contributed by atoms with E-state index in [0.717, 1.165) is 67.7 Å². The highest BCUT2D eigenvalue weighted by molar-refractivity contribution is 5.91. The monoisotopic (exact) mass is 467 g/mol. The minimum absolute atomic E-state index is 0.241. The summed E-state index contributed by atoms with van der Waals surface area (Å²) in [5.74, 6) is 3.75. The number of rotatable bonds is 9. The zero-order valence-corrected chi connectivity index (χ0v) is 20.3. The molecule has 0 saturated carbocycles. The molecule has 9 nitrogen and oxygen atoms in total. The minimum atomic E-state index is -0.243. The van der Waals surface area contributed by atoms with Crippen LogP contribution < -0.4 is 14.8 Å². The molecule has 2 aromatic heterocycles. The fourth-order valence-corrected chi connectivity index (χ4v) is 4.36. The second-order valence-corrected chi connectivity index (χ2v) is 9.01. The van der Waals surface area contributed by atoms with E-state index in [1.165, 1.54) is 6.26 Å². The quantitative estimate of drug-likeness (QED) is 0.515. The summed E-state index contributed by atoms with van der Waals surface area (Å²) in [5, 5.41) is 12.1. The van der Waals surface area contributed by atoms with Gasteiger partial charge in [0, 0.05) is 38.7 Å². The third-order valence-electron chi connectivity index (χ3n) is 6.03. The molecule has 1 aromatic carbocycles. The normalized spacial score (nSPS) is 15.0. The van der Waals surface area contributed by atoms with E-state index in [0.29, 0.717) is 11.7 Å². The Morgan fingerprint density at radius 3 is 2.53 bits per heavy atom. The number of amides is 1. The van der Waals surface area contributed by atoms with Crippen molar-refractivity contribution in [3.05, 3.63) is 59.6 Å². The molecule has 1 unspecified atom stereocenters. The zero-order valence-electron chi connectivity index (χ0n) is 20.3. The Hall–Kier alpha value is -3.33. The summed E-state index contributed by atoms with van der Waals surface area (Å²) in [7, 11) is 3.33. The van der Waals surface area contributed by atoms with Crippen molar-refractivity contribution in [1.82, 2.24) is 25.0 Å². The molecule has 0 radical (unpaired) electrons. The molecular weight excluding hydrogens is 434 g/mol. The van der Waals surface area contributed by atoms with Crippen molar-refractivity contribution in [2.75, 3.05) is 27.3 Å². The van der Waals surface area contributed by atoms with Crippen LogP contribution in [0.5, 0.6) is 11.5 Å². The molecule has 1 N–H and O–H groups in total. The van der Waals surface area contributed by atoms with Crippen LogP contribution >= 0.6 is 0 Å². The van der Waals surface area contributed by atoms with Crippen molar-refractivity contribution in [2.45, 2.75) is 45.8 Å². The summed E-state index contributed by atoms with van der Waals surface area (Å²) in [5.41, 5.74) is 1.14. The Morgan fingerprint density at radius 1 is 1.12 bits per heavy atom. The van der Waals surface area contributed by atoms with E-state index in [1.54, 1.807) is 26.4 Å². The number of nitrogens with one attached hydrogen (secondary N) is 1. The van der Waals surface area contributed by atoms with Crippen molar-refractivity contribution in [1.29, 1.82) is 0 Å². The van der Waals surface area contributed by atoms with Gasteiger partial charge in [0.2, 0.25) is 0 Å². The van der Waals surface area contributed by atoms with Crippen molar-refractivity contribution in [3.63, 3.8) is 0 Å². The lowest BCUT2D eigenvalue weighted by Crippen LogP contribution is -2.32. The molecule has 0 bridgehead atoms. The Kier molecular flexibility index (Phi) is 7.52. The van der Waals surface area contributed by atoms with E-state index in [4.69, 9.17) is 13.9 Å². The molecule has 0 fully saturated rings. The molecule has 4 rings (SSSR count). The molecule has 3 heterocycles. The summed E-state index contributed by atoms with van der Waals surface area (Å²) in [4.78, 5) is 15.1. The van der Waals surface area contributed by atoms with Gasteiger partial charge in [-0.15, -0.1) is 10.2 Å². The fraction of sp³-hybridized carbons (Fsp3) is 0.480. The first kappa shape index (κ1) is 23.8. The lowest BCUT2D eigenvalue weighted by molar-refractivity contribution is 0.0900. The van der Waals surface area contributed by atoms with Crippen LogP contribution in [0, 0.1) is 5.92 Å². The van der Waals surface area contributed by atoms with Crippen LogP contribution in [0.1, 0.15) is 54.1 Å². The lowest BCUT2D eigenvalue weighted by atomic mass is 10.0. The minimum Gasteiger partial charge on any atom is -0.497 e. The SMILES string of the molecule is COc1cc(CN2CCc3nnc(C(CC(C)C)NC(=O)c4ccco4)n3CC2)cc(OC)c1. The van der Waals surface area contributed by atoms with Gasteiger partial charge in [0.25, 0.3) is 5.91 Å². The molecule has 3 aromatic rings. The van der Waals surface area contributed by atoms with Gasteiger partial charge in [0.1, 0.15) is 17.3 Å². The van der Waals surface area contributed by atoms with E-state index in [2.05, 4.69) is 38.8 Å². The number of fused-ring (bicyclic) bond motifs is 1. The number of hydrogen-bond acceptors (Lipinski definition) is 7. The maximum Gasteiger partial charge on any atom is 0.287 e. The summed E-state index contributed by atoms with van der Waals surface area (Å²) in [6.45, 7) is 7.52. The number of benzene rings is 1. The first-order valence-corrected chi connectivity index (χ1v) is 11.7. The molecule has 0 aliphatic carbocycles. The number of furan rings is 1. The number of aromatic nitrogens is 3. The maximum absolute atomic E-state index is 12.7. The highest BCUT2D eigenvalue weighted by Crippen LogP contribution is 2.25. The first-order valence-electron chi connectivity index (χ1n) is 11.7. The third kappa shape index (κ3) is 5.59. The number of nitrogens with zero attached hydrogens (tertiary/aromatic N) is 4. The van der Waals surface area contributed by atoms with E-state index in [9.17, 15) is 4.79 Å². The number of carbonyl (C=O) groups is 1. The van der Waals surface area contributed by atoms with Gasteiger partial charge in [-0.1, -0.05) is 13.8 Å². The molecule has 182 valence electrons. The van der Waals surface area contributed by atoms with Crippen molar-refractivity contribution in [3.8, 4) is 11.5 Å². The largest absolute Gasteiger partial charge is 0.497 e. The summed E-state index contributed by atoms with van der Waals surface area (Å²) >= 11 is 0. The van der Waals surface area contributed by atoms with Gasteiger partial charge in [-0.05, 0) is 42.2 Å². The highest BCUT2D eigenvalue weighted by atomic mass is 16.5. The van der Waals surface area contributed by atoms with Crippen molar-refractivity contribution < 1.29 is 18.7 Å². The number of methoxy groups -OCH3 is 2. The van der Waals surface area contributed by atoms with Crippen LogP contribution in [0.25, 0.3) is 0 Å². The van der Waals surface area contributed by atoms with Crippen LogP contribution in [0.3, 0.4) is 0 Å². The molecule has 1 aliphatic heterocycles. The predicted octanol–water partition coefficient (Wildman–Crippen LogP) is 3.46. The van der Waals surface area contributed by atoms with Crippen LogP contribution in [0.15, 0.2) is 41.0 Å². The maximum atomic E-state index is 12.7. The second kappa shape index (κ2) is 10.7. The zero-order chi connectivity index (χ0) is 24.1. The second-order valence-electron chi connectivity index (χ2n) is 9.01. The van der Waals surface area contributed by atoms with E-state index in [-0.39, 0.29) is 11.9 Å². The molecular formula is C25H33N5O4. The first-order chi connectivity index (χ1) is 16.5. The Balaban J connectivity index is 1.49. The molecule has 0 saturated heterocycles. The van der Waals surface area contributed by atoms with Crippen LogP contribution in [-0.2, 0) is 19.5 Å². The van der Waals surface area contributed by atoms with Gasteiger partial charge in [-0.25, -0.2) is 0 Å². The molecule has 0 spiro atoms. The van der Waals surface area contributed by atoms with Gasteiger partial charge >= 0.3 is 0 Å². The molecule has 1 amide bonds. The number of carbonyl (C=O) groups excluding carboxylic acids is 1. The van der Waals surface area contributed by atoms with Gasteiger partial charge in [0.15, 0.2) is 11.6 Å².